The summed E-state index contributed by atoms with van der Waals surface area (Å²) in [5, 5.41) is 3.34. The van der Waals surface area contributed by atoms with E-state index >= 15 is 0 Å². The number of pyridine rings is 2. The summed E-state index contributed by atoms with van der Waals surface area (Å²) in [4.78, 5) is 8.51. The summed E-state index contributed by atoms with van der Waals surface area (Å²) in [7, 11) is 0. The van der Waals surface area contributed by atoms with E-state index in [1.54, 1.807) is 12.4 Å². The van der Waals surface area contributed by atoms with Gasteiger partial charge in [-0.25, -0.2) is 0 Å². The van der Waals surface area contributed by atoms with Crippen molar-refractivity contribution in [2.45, 2.75) is 6.42 Å². The lowest BCUT2D eigenvalue weighted by Gasteiger charge is -2.10. The number of rotatable bonds is 4. The van der Waals surface area contributed by atoms with Gasteiger partial charge < -0.3 is 10.1 Å². The minimum atomic E-state index is 0.623. The highest BCUT2D eigenvalue weighted by atomic mass is 16.5. The van der Waals surface area contributed by atoms with Gasteiger partial charge in [0.05, 0.1) is 18.5 Å². The molecule has 4 heteroatoms. The molecule has 98 valence electrons. The Morgan fingerprint density at radius 2 is 2.26 bits per heavy atom. The number of ether oxygens (including phenoxy) is 1. The smallest absolute Gasteiger partial charge is 0.137 e. The summed E-state index contributed by atoms with van der Waals surface area (Å²) in [6.07, 6.45) is 6.55. The summed E-state index contributed by atoms with van der Waals surface area (Å²) in [5.74, 6) is 1.46. The first-order chi connectivity index (χ1) is 9.42. The molecule has 1 aliphatic rings. The molecule has 0 aromatic carbocycles. The number of nitrogens with one attached hydrogen (secondary N) is 1. The lowest BCUT2D eigenvalue weighted by atomic mass is 10.1. The predicted octanol–water partition coefficient (Wildman–Crippen LogP) is 2.13. The summed E-state index contributed by atoms with van der Waals surface area (Å²) >= 11 is 0. The number of hydrogen-bond acceptors (Lipinski definition) is 4. The van der Waals surface area contributed by atoms with Crippen LogP contribution >= 0.6 is 0 Å². The second-order valence-electron chi connectivity index (χ2n) is 4.79. The number of hydrogen-bond donors (Lipinski definition) is 1. The van der Waals surface area contributed by atoms with Gasteiger partial charge >= 0.3 is 0 Å². The first-order valence-corrected chi connectivity index (χ1v) is 6.62. The van der Waals surface area contributed by atoms with Crippen LogP contribution in [0.4, 0.5) is 0 Å². The molecule has 1 aliphatic heterocycles. The molecular formula is C15H17N3O. The molecule has 0 spiro atoms. The molecule has 19 heavy (non-hydrogen) atoms. The van der Waals surface area contributed by atoms with E-state index in [0.717, 1.165) is 36.7 Å². The second kappa shape index (κ2) is 5.80. The molecule has 0 amide bonds. The zero-order valence-electron chi connectivity index (χ0n) is 10.7. The fraction of sp³-hybridized carbons (Fsp3) is 0.333. The van der Waals surface area contributed by atoms with Crippen molar-refractivity contribution in [1.82, 2.24) is 15.3 Å². The first kappa shape index (κ1) is 12.1. The average Bonchev–Trinajstić information content (AvgIpc) is 3.00. The van der Waals surface area contributed by atoms with Gasteiger partial charge in [0.25, 0.3) is 0 Å². The minimum Gasteiger partial charge on any atom is -0.492 e. The van der Waals surface area contributed by atoms with Crippen LogP contribution < -0.4 is 10.1 Å². The topological polar surface area (TPSA) is 47.0 Å². The van der Waals surface area contributed by atoms with Gasteiger partial charge in [0.1, 0.15) is 5.75 Å². The molecule has 1 unspecified atom stereocenters. The van der Waals surface area contributed by atoms with Crippen LogP contribution in [0.1, 0.15) is 6.42 Å². The third-order valence-corrected chi connectivity index (χ3v) is 3.34. The molecule has 0 radical (unpaired) electrons. The van der Waals surface area contributed by atoms with E-state index in [9.17, 15) is 0 Å². The lowest BCUT2D eigenvalue weighted by molar-refractivity contribution is 0.259. The largest absolute Gasteiger partial charge is 0.492 e. The standard InChI is InChI=1S/C15H17N3O/c1-2-13(9-16-6-1)15-4-3-14(10-18-15)19-11-12-5-7-17-8-12/h1-4,6,9-10,12,17H,5,7-8,11H2. The first-order valence-electron chi connectivity index (χ1n) is 6.62. The molecule has 2 aromatic rings. The molecule has 3 heterocycles. The highest BCUT2D eigenvalue weighted by molar-refractivity contribution is 5.57. The fourth-order valence-electron chi connectivity index (χ4n) is 2.22. The molecule has 3 rings (SSSR count). The van der Waals surface area contributed by atoms with Gasteiger partial charge in [-0.1, -0.05) is 0 Å². The normalized spacial score (nSPS) is 18.4. The van der Waals surface area contributed by atoms with E-state index in [2.05, 4.69) is 15.3 Å². The van der Waals surface area contributed by atoms with Crippen molar-refractivity contribution in [2.75, 3.05) is 19.7 Å². The van der Waals surface area contributed by atoms with Gasteiger partial charge in [-0.2, -0.15) is 0 Å². The molecule has 1 fully saturated rings. The highest BCUT2D eigenvalue weighted by Gasteiger charge is 2.14. The number of aromatic nitrogens is 2. The van der Waals surface area contributed by atoms with Gasteiger partial charge in [0.2, 0.25) is 0 Å². The van der Waals surface area contributed by atoms with E-state index in [-0.39, 0.29) is 0 Å². The summed E-state index contributed by atoms with van der Waals surface area (Å²) < 4.78 is 5.76. The molecule has 1 N–H and O–H groups in total. The number of nitrogens with zero attached hydrogens (tertiary/aromatic N) is 2. The SMILES string of the molecule is c1cncc(-c2ccc(OCC3CCNC3)cn2)c1. The maximum Gasteiger partial charge on any atom is 0.137 e. The van der Waals surface area contributed by atoms with Crippen LogP contribution in [0.3, 0.4) is 0 Å². The predicted molar refractivity (Wildman–Crippen MR) is 73.9 cm³/mol. The van der Waals surface area contributed by atoms with Crippen molar-refractivity contribution in [2.24, 2.45) is 5.92 Å². The molecule has 0 aliphatic carbocycles. The van der Waals surface area contributed by atoms with E-state index in [0.29, 0.717) is 5.92 Å². The molecule has 2 aromatic heterocycles. The Morgan fingerprint density at radius 1 is 1.26 bits per heavy atom. The Hall–Kier alpha value is -1.94. The van der Waals surface area contributed by atoms with Crippen LogP contribution in [0.25, 0.3) is 11.3 Å². The Kier molecular flexibility index (Phi) is 3.70. The van der Waals surface area contributed by atoms with Crippen molar-refractivity contribution >= 4 is 0 Å². The Labute approximate surface area is 112 Å². The summed E-state index contributed by atoms with van der Waals surface area (Å²) in [6.45, 7) is 2.92. The monoisotopic (exact) mass is 255 g/mol. The van der Waals surface area contributed by atoms with Crippen molar-refractivity contribution in [3.8, 4) is 17.0 Å². The quantitative estimate of drug-likeness (QED) is 0.909. The molecule has 1 atom stereocenters. The molecule has 1 saturated heterocycles. The zero-order chi connectivity index (χ0) is 12.9. The van der Waals surface area contributed by atoms with Gasteiger partial charge in [0, 0.05) is 30.4 Å². The van der Waals surface area contributed by atoms with Crippen molar-refractivity contribution in [3.63, 3.8) is 0 Å². The Bertz CT molecular complexity index is 507. The van der Waals surface area contributed by atoms with E-state index < -0.39 is 0 Å². The molecule has 0 saturated carbocycles. The van der Waals surface area contributed by atoms with E-state index in [4.69, 9.17) is 4.74 Å². The molecule has 0 bridgehead atoms. The van der Waals surface area contributed by atoms with Crippen LogP contribution in [0.2, 0.25) is 0 Å². The summed E-state index contributed by atoms with van der Waals surface area (Å²) in [6, 6.07) is 7.85. The van der Waals surface area contributed by atoms with Crippen molar-refractivity contribution in [3.05, 3.63) is 42.9 Å². The molecule has 4 nitrogen and oxygen atoms in total. The Balaban J connectivity index is 1.62. The second-order valence-corrected chi connectivity index (χ2v) is 4.79. The van der Waals surface area contributed by atoms with Gasteiger partial charge in [-0.3, -0.25) is 9.97 Å². The third kappa shape index (κ3) is 3.09. The van der Waals surface area contributed by atoms with Gasteiger partial charge in [-0.05, 0) is 37.2 Å². The van der Waals surface area contributed by atoms with Crippen LogP contribution in [0.5, 0.6) is 5.75 Å². The van der Waals surface area contributed by atoms with Crippen LogP contribution in [-0.2, 0) is 0 Å². The fourth-order valence-corrected chi connectivity index (χ4v) is 2.22. The van der Waals surface area contributed by atoms with Gasteiger partial charge in [0.15, 0.2) is 0 Å². The summed E-state index contributed by atoms with van der Waals surface area (Å²) in [5.41, 5.74) is 1.94. The van der Waals surface area contributed by atoms with Crippen LogP contribution in [-0.4, -0.2) is 29.7 Å². The maximum atomic E-state index is 5.76. The average molecular weight is 255 g/mol. The van der Waals surface area contributed by atoms with Crippen molar-refractivity contribution < 1.29 is 4.74 Å². The molecular weight excluding hydrogens is 238 g/mol. The minimum absolute atomic E-state index is 0.623. The van der Waals surface area contributed by atoms with Crippen LogP contribution in [0, 0.1) is 5.92 Å². The highest BCUT2D eigenvalue weighted by Crippen LogP contribution is 2.19. The Morgan fingerprint density at radius 3 is 2.95 bits per heavy atom. The lowest BCUT2D eigenvalue weighted by Crippen LogP contribution is -2.15. The third-order valence-electron chi connectivity index (χ3n) is 3.34. The maximum absolute atomic E-state index is 5.76. The van der Waals surface area contributed by atoms with Crippen molar-refractivity contribution in [1.29, 1.82) is 0 Å². The van der Waals surface area contributed by atoms with Crippen LogP contribution in [0.15, 0.2) is 42.9 Å². The van der Waals surface area contributed by atoms with E-state index in [1.807, 2.05) is 30.5 Å². The van der Waals surface area contributed by atoms with E-state index in [1.165, 1.54) is 6.42 Å². The van der Waals surface area contributed by atoms with Gasteiger partial charge in [-0.15, -0.1) is 0 Å². The zero-order valence-corrected chi connectivity index (χ0v) is 10.7.